The van der Waals surface area contributed by atoms with E-state index in [0.29, 0.717) is 17.7 Å². The minimum Gasteiger partial charge on any atom is -0.508 e. The number of phenols is 1. The van der Waals surface area contributed by atoms with Crippen LogP contribution in [-0.2, 0) is 6.42 Å². The monoisotopic (exact) mass is 229 g/mol. The van der Waals surface area contributed by atoms with Gasteiger partial charge >= 0.3 is 0 Å². The predicted octanol–water partition coefficient (Wildman–Crippen LogP) is 2.68. The second kappa shape index (κ2) is 4.19. The smallest absolute Gasteiger partial charge is 0.115 e. The van der Waals surface area contributed by atoms with Gasteiger partial charge < -0.3 is 5.11 Å². The minimum atomic E-state index is 0.409. The first kappa shape index (κ1) is 10.8. The minimum absolute atomic E-state index is 0.409. The Bertz CT molecular complexity index is 441. The van der Waals surface area contributed by atoms with Crippen molar-refractivity contribution in [2.75, 3.05) is 13.1 Å². The fourth-order valence-electron chi connectivity index (χ4n) is 3.52. The van der Waals surface area contributed by atoms with Crippen LogP contribution < -0.4 is 0 Å². The SMILES string of the molecule is C=CCN1CC[C@H]2c3cc(O)ccc3CC[C@@H]21. The van der Waals surface area contributed by atoms with Crippen molar-refractivity contribution >= 4 is 0 Å². The van der Waals surface area contributed by atoms with Crippen molar-refractivity contribution in [3.05, 3.63) is 42.0 Å². The molecule has 1 heterocycles. The molecule has 2 heteroatoms. The van der Waals surface area contributed by atoms with E-state index in [2.05, 4.69) is 17.5 Å². The number of fused-ring (bicyclic) bond motifs is 3. The van der Waals surface area contributed by atoms with Crippen molar-refractivity contribution in [3.8, 4) is 5.75 Å². The molecule has 0 spiro atoms. The van der Waals surface area contributed by atoms with Gasteiger partial charge in [0.2, 0.25) is 0 Å². The summed E-state index contributed by atoms with van der Waals surface area (Å²) in [5.41, 5.74) is 2.82. The predicted molar refractivity (Wildman–Crippen MR) is 69.3 cm³/mol. The van der Waals surface area contributed by atoms with Crippen LogP contribution in [0.2, 0.25) is 0 Å². The number of likely N-dealkylation sites (tertiary alicyclic amines) is 1. The molecule has 1 fully saturated rings. The first-order valence-electron chi connectivity index (χ1n) is 6.46. The molecular weight excluding hydrogens is 210 g/mol. The van der Waals surface area contributed by atoms with E-state index in [4.69, 9.17) is 0 Å². The topological polar surface area (TPSA) is 23.5 Å². The van der Waals surface area contributed by atoms with Gasteiger partial charge in [-0.05, 0) is 49.1 Å². The number of aromatic hydroxyl groups is 1. The highest BCUT2D eigenvalue weighted by molar-refractivity contribution is 5.40. The van der Waals surface area contributed by atoms with E-state index in [1.807, 2.05) is 18.2 Å². The summed E-state index contributed by atoms with van der Waals surface area (Å²) in [5, 5.41) is 9.65. The average Bonchev–Trinajstić information content (AvgIpc) is 2.73. The Balaban J connectivity index is 1.92. The second-order valence-electron chi connectivity index (χ2n) is 5.17. The maximum absolute atomic E-state index is 9.65. The lowest BCUT2D eigenvalue weighted by atomic mass is 9.79. The number of phenolic OH excluding ortho intramolecular Hbond substituents is 1. The first-order valence-corrected chi connectivity index (χ1v) is 6.46. The molecule has 1 aromatic rings. The molecule has 1 saturated heterocycles. The highest BCUT2D eigenvalue weighted by Gasteiger charge is 2.37. The molecule has 0 saturated carbocycles. The fraction of sp³-hybridized carbons (Fsp3) is 0.467. The van der Waals surface area contributed by atoms with Crippen molar-refractivity contribution in [1.29, 1.82) is 0 Å². The quantitative estimate of drug-likeness (QED) is 0.788. The molecule has 1 aliphatic heterocycles. The van der Waals surface area contributed by atoms with Gasteiger partial charge in [0.15, 0.2) is 0 Å². The third-order valence-electron chi connectivity index (χ3n) is 4.26. The fourth-order valence-corrected chi connectivity index (χ4v) is 3.52. The van der Waals surface area contributed by atoms with Gasteiger partial charge in [-0.25, -0.2) is 0 Å². The van der Waals surface area contributed by atoms with Crippen molar-refractivity contribution in [3.63, 3.8) is 0 Å². The molecule has 1 N–H and O–H groups in total. The summed E-state index contributed by atoms with van der Waals surface area (Å²) >= 11 is 0. The zero-order valence-electron chi connectivity index (χ0n) is 10.1. The number of hydrogen-bond acceptors (Lipinski definition) is 2. The Morgan fingerprint density at radius 2 is 2.29 bits per heavy atom. The molecule has 90 valence electrons. The number of hydrogen-bond donors (Lipinski definition) is 1. The molecule has 2 atom stereocenters. The molecule has 0 radical (unpaired) electrons. The van der Waals surface area contributed by atoms with E-state index in [0.717, 1.165) is 19.5 Å². The van der Waals surface area contributed by atoms with Gasteiger partial charge in [0.05, 0.1) is 0 Å². The van der Waals surface area contributed by atoms with Crippen LogP contribution in [0.5, 0.6) is 5.75 Å². The van der Waals surface area contributed by atoms with Crippen LogP contribution in [-0.4, -0.2) is 29.1 Å². The zero-order chi connectivity index (χ0) is 11.8. The normalized spacial score (nSPS) is 27.5. The Hall–Kier alpha value is -1.28. The van der Waals surface area contributed by atoms with Crippen LogP contribution in [0.4, 0.5) is 0 Å². The van der Waals surface area contributed by atoms with E-state index in [-0.39, 0.29) is 0 Å². The Morgan fingerprint density at radius 1 is 1.41 bits per heavy atom. The molecule has 0 bridgehead atoms. The number of nitrogens with zero attached hydrogens (tertiary/aromatic N) is 1. The number of aryl methyl sites for hydroxylation is 1. The van der Waals surface area contributed by atoms with Crippen LogP contribution in [0.1, 0.15) is 29.9 Å². The molecular formula is C15H19NO. The zero-order valence-corrected chi connectivity index (χ0v) is 10.1. The van der Waals surface area contributed by atoms with E-state index >= 15 is 0 Å². The Kier molecular flexibility index (Phi) is 2.67. The lowest BCUT2D eigenvalue weighted by molar-refractivity contribution is 0.249. The average molecular weight is 229 g/mol. The summed E-state index contributed by atoms with van der Waals surface area (Å²) in [6.45, 7) is 6.00. The summed E-state index contributed by atoms with van der Waals surface area (Å²) in [4.78, 5) is 2.53. The first-order chi connectivity index (χ1) is 8.29. The lowest BCUT2D eigenvalue weighted by Gasteiger charge is -2.33. The van der Waals surface area contributed by atoms with Crippen LogP contribution in [0.3, 0.4) is 0 Å². The van der Waals surface area contributed by atoms with Crippen molar-refractivity contribution in [2.45, 2.75) is 31.2 Å². The molecule has 0 amide bonds. The summed E-state index contributed by atoms with van der Waals surface area (Å²) in [7, 11) is 0. The maximum Gasteiger partial charge on any atom is 0.115 e. The van der Waals surface area contributed by atoms with Gasteiger partial charge in [0, 0.05) is 18.5 Å². The highest BCUT2D eigenvalue weighted by atomic mass is 16.3. The van der Waals surface area contributed by atoms with Gasteiger partial charge in [0.1, 0.15) is 5.75 Å². The van der Waals surface area contributed by atoms with E-state index in [1.165, 1.54) is 24.0 Å². The van der Waals surface area contributed by atoms with Gasteiger partial charge in [0.25, 0.3) is 0 Å². The maximum atomic E-state index is 9.65. The van der Waals surface area contributed by atoms with Gasteiger partial charge in [-0.15, -0.1) is 6.58 Å². The Morgan fingerprint density at radius 3 is 3.12 bits per heavy atom. The summed E-state index contributed by atoms with van der Waals surface area (Å²) in [6.07, 6.45) is 5.61. The lowest BCUT2D eigenvalue weighted by Crippen LogP contribution is -2.35. The number of rotatable bonds is 2. The number of benzene rings is 1. The van der Waals surface area contributed by atoms with Crippen molar-refractivity contribution < 1.29 is 5.11 Å². The molecule has 2 aliphatic rings. The molecule has 0 unspecified atom stereocenters. The van der Waals surface area contributed by atoms with Crippen molar-refractivity contribution in [1.82, 2.24) is 4.90 Å². The van der Waals surface area contributed by atoms with Crippen LogP contribution in [0.25, 0.3) is 0 Å². The second-order valence-corrected chi connectivity index (χ2v) is 5.17. The van der Waals surface area contributed by atoms with E-state index in [1.54, 1.807) is 0 Å². The molecule has 0 aromatic heterocycles. The largest absolute Gasteiger partial charge is 0.508 e. The summed E-state index contributed by atoms with van der Waals surface area (Å²) in [5.74, 6) is 1.03. The summed E-state index contributed by atoms with van der Waals surface area (Å²) in [6, 6.07) is 6.54. The molecule has 1 aliphatic carbocycles. The van der Waals surface area contributed by atoms with Crippen molar-refractivity contribution in [2.24, 2.45) is 0 Å². The van der Waals surface area contributed by atoms with Crippen LogP contribution in [0, 0.1) is 0 Å². The third kappa shape index (κ3) is 1.77. The van der Waals surface area contributed by atoms with Crippen LogP contribution in [0.15, 0.2) is 30.9 Å². The molecule has 17 heavy (non-hydrogen) atoms. The third-order valence-corrected chi connectivity index (χ3v) is 4.26. The van der Waals surface area contributed by atoms with Crippen LogP contribution >= 0.6 is 0 Å². The Labute approximate surface area is 103 Å². The summed E-state index contributed by atoms with van der Waals surface area (Å²) < 4.78 is 0. The van der Waals surface area contributed by atoms with Gasteiger partial charge in [-0.2, -0.15) is 0 Å². The molecule has 3 rings (SSSR count). The molecule has 1 aromatic carbocycles. The van der Waals surface area contributed by atoms with E-state index < -0.39 is 0 Å². The standard InChI is InChI=1S/C15H19NO/c1-2-8-16-9-7-13-14-10-12(17)5-3-11(14)4-6-15(13)16/h2-3,5,10,13,15,17H,1,4,6-9H2/t13-,15-/m0/s1. The van der Waals surface area contributed by atoms with Gasteiger partial charge in [-0.1, -0.05) is 12.1 Å². The molecule has 2 nitrogen and oxygen atoms in total. The van der Waals surface area contributed by atoms with Gasteiger partial charge in [-0.3, -0.25) is 4.90 Å². The van der Waals surface area contributed by atoms with E-state index in [9.17, 15) is 5.11 Å². The highest BCUT2D eigenvalue weighted by Crippen LogP contribution is 2.42.